The number of aromatic amines is 1. The minimum Gasteiger partial charge on any atom is -0.497 e. The van der Waals surface area contributed by atoms with Gasteiger partial charge < -0.3 is 14.5 Å². The summed E-state index contributed by atoms with van der Waals surface area (Å²) in [6, 6.07) is 10.6. The first-order valence-corrected chi connectivity index (χ1v) is 13.1. The van der Waals surface area contributed by atoms with Gasteiger partial charge in [-0.15, -0.1) is 0 Å². The van der Waals surface area contributed by atoms with Gasteiger partial charge in [0, 0.05) is 31.3 Å². The zero-order valence-electron chi connectivity index (χ0n) is 18.8. The number of benzene rings is 2. The van der Waals surface area contributed by atoms with Crippen molar-refractivity contribution in [1.82, 2.24) is 18.0 Å². The molecule has 0 amide bonds. The number of methoxy groups -OCH3 is 1. The van der Waals surface area contributed by atoms with Crippen molar-refractivity contribution in [2.24, 2.45) is 0 Å². The van der Waals surface area contributed by atoms with E-state index in [1.807, 2.05) is 6.07 Å². The molecule has 178 valence electrons. The van der Waals surface area contributed by atoms with Gasteiger partial charge in [0.2, 0.25) is 10.0 Å². The molecule has 2 aromatic carbocycles. The van der Waals surface area contributed by atoms with Gasteiger partial charge in [-0.25, -0.2) is 8.42 Å². The van der Waals surface area contributed by atoms with Crippen LogP contribution in [0.1, 0.15) is 24.0 Å². The Hall–Kier alpha value is -2.86. The lowest BCUT2D eigenvalue weighted by atomic mass is 10.1. The summed E-state index contributed by atoms with van der Waals surface area (Å²) in [5.41, 5.74) is 2.08. The number of sulfonamides is 1. The summed E-state index contributed by atoms with van der Waals surface area (Å²) in [5, 5.41) is 0.784. The molecule has 4 aromatic rings. The Morgan fingerprint density at radius 3 is 2.85 bits per heavy atom. The van der Waals surface area contributed by atoms with E-state index in [2.05, 4.69) is 13.7 Å². The summed E-state index contributed by atoms with van der Waals surface area (Å²) in [6.45, 7) is 2.40. The summed E-state index contributed by atoms with van der Waals surface area (Å²) in [6.07, 6.45) is 1.41. The lowest BCUT2D eigenvalue weighted by molar-refractivity contribution is 0.0925. The van der Waals surface area contributed by atoms with Gasteiger partial charge in [-0.1, -0.05) is 6.07 Å². The minimum absolute atomic E-state index is 0.0904. The zero-order valence-corrected chi connectivity index (χ0v) is 20.4. The van der Waals surface area contributed by atoms with Gasteiger partial charge in [0.15, 0.2) is 0 Å². The Labute approximate surface area is 200 Å². The predicted molar refractivity (Wildman–Crippen MR) is 130 cm³/mol. The van der Waals surface area contributed by atoms with Crippen LogP contribution < -0.4 is 10.3 Å². The third-order valence-electron chi connectivity index (χ3n) is 6.08. The summed E-state index contributed by atoms with van der Waals surface area (Å²) >= 11 is 0.974. The summed E-state index contributed by atoms with van der Waals surface area (Å²) in [5.74, 6) is 0.624. The summed E-state index contributed by atoms with van der Waals surface area (Å²) in [7, 11) is -2.45. The van der Waals surface area contributed by atoms with Gasteiger partial charge in [-0.3, -0.25) is 4.79 Å². The molecule has 1 aliphatic rings. The number of aromatic nitrogens is 3. The predicted octanol–water partition coefficient (Wildman–Crippen LogP) is 3.22. The first-order valence-electron chi connectivity index (χ1n) is 10.9. The topological polar surface area (TPSA) is 114 Å². The van der Waals surface area contributed by atoms with Crippen molar-refractivity contribution in [3.8, 4) is 5.75 Å². The van der Waals surface area contributed by atoms with Crippen molar-refractivity contribution in [3.05, 3.63) is 57.9 Å². The second-order valence-corrected chi connectivity index (χ2v) is 10.8. The number of rotatable bonds is 7. The van der Waals surface area contributed by atoms with Gasteiger partial charge >= 0.3 is 0 Å². The second kappa shape index (κ2) is 9.06. The van der Waals surface area contributed by atoms with Gasteiger partial charge in [0.1, 0.15) is 21.7 Å². The maximum atomic E-state index is 14.0. The van der Waals surface area contributed by atoms with Crippen molar-refractivity contribution in [2.45, 2.75) is 37.3 Å². The van der Waals surface area contributed by atoms with Crippen molar-refractivity contribution in [1.29, 1.82) is 0 Å². The van der Waals surface area contributed by atoms with Crippen LogP contribution in [-0.2, 0) is 21.3 Å². The minimum atomic E-state index is -4.01. The van der Waals surface area contributed by atoms with E-state index in [1.165, 1.54) is 4.31 Å². The fraction of sp³-hybridized carbons (Fsp3) is 0.348. The molecule has 1 N–H and O–H groups in total. The Morgan fingerprint density at radius 2 is 2.09 bits per heavy atom. The number of hydrogen-bond acceptors (Lipinski definition) is 8. The number of fused-ring (bicyclic) bond motifs is 2. The fourth-order valence-electron chi connectivity index (χ4n) is 4.31. The number of nitrogens with zero attached hydrogens (tertiary/aromatic N) is 3. The van der Waals surface area contributed by atoms with Crippen LogP contribution in [0.15, 0.2) is 46.1 Å². The van der Waals surface area contributed by atoms with Crippen LogP contribution in [-0.4, -0.2) is 52.8 Å². The summed E-state index contributed by atoms with van der Waals surface area (Å²) in [4.78, 5) is 15.9. The van der Waals surface area contributed by atoms with Crippen molar-refractivity contribution in [3.63, 3.8) is 0 Å². The largest absolute Gasteiger partial charge is 0.497 e. The molecule has 11 heteroatoms. The maximum absolute atomic E-state index is 14.0. The maximum Gasteiger partial charge on any atom is 0.252 e. The molecule has 1 fully saturated rings. The van der Waals surface area contributed by atoms with E-state index in [1.54, 1.807) is 44.4 Å². The molecule has 1 unspecified atom stereocenters. The first-order chi connectivity index (χ1) is 16.4. The van der Waals surface area contributed by atoms with Gasteiger partial charge in [-0.05, 0) is 55.0 Å². The third-order valence-corrected chi connectivity index (χ3v) is 8.62. The van der Waals surface area contributed by atoms with Gasteiger partial charge in [0.05, 0.1) is 30.5 Å². The van der Waals surface area contributed by atoms with Crippen LogP contribution >= 0.6 is 11.7 Å². The molecule has 5 rings (SSSR count). The highest BCUT2D eigenvalue weighted by Gasteiger charge is 2.33. The average Bonchev–Trinajstić information content (AvgIpc) is 3.50. The molecule has 1 aliphatic heterocycles. The third kappa shape index (κ3) is 4.20. The molecule has 0 saturated carbocycles. The molecule has 2 aromatic heterocycles. The SMILES string of the molecule is COc1ccc2cc(CN(CC3CCCO3)S(=O)(=O)c3c(C)ccc4nsnc34)c(=O)[nH]c2c1. The smallest absolute Gasteiger partial charge is 0.252 e. The second-order valence-electron chi connectivity index (χ2n) is 8.35. The Kier molecular flexibility index (Phi) is 6.11. The number of pyridine rings is 1. The number of nitrogens with one attached hydrogen (secondary N) is 1. The van der Waals surface area contributed by atoms with Crippen LogP contribution in [0.5, 0.6) is 5.75 Å². The molecule has 0 bridgehead atoms. The first kappa shape index (κ1) is 22.9. The Balaban J connectivity index is 1.59. The molecule has 1 saturated heterocycles. The van der Waals surface area contributed by atoms with E-state index < -0.39 is 10.0 Å². The van der Waals surface area contributed by atoms with Crippen LogP contribution in [0, 0.1) is 6.92 Å². The molecule has 0 spiro atoms. The van der Waals surface area contributed by atoms with E-state index in [9.17, 15) is 13.2 Å². The van der Waals surface area contributed by atoms with Crippen molar-refractivity contribution < 1.29 is 17.9 Å². The average molecular weight is 501 g/mol. The Bertz CT molecular complexity index is 1520. The monoisotopic (exact) mass is 500 g/mol. The van der Waals surface area contributed by atoms with E-state index in [0.29, 0.717) is 40.0 Å². The van der Waals surface area contributed by atoms with Gasteiger partial charge in [-0.2, -0.15) is 13.1 Å². The lowest BCUT2D eigenvalue weighted by Gasteiger charge is -2.25. The Morgan fingerprint density at radius 1 is 1.24 bits per heavy atom. The molecule has 1 atom stereocenters. The quantitative estimate of drug-likeness (QED) is 0.414. The van der Waals surface area contributed by atoms with Crippen LogP contribution in [0.4, 0.5) is 0 Å². The number of H-pyrrole nitrogens is 1. The molecule has 0 radical (unpaired) electrons. The number of aryl methyl sites for hydroxylation is 1. The van der Waals surface area contributed by atoms with Crippen LogP contribution in [0.2, 0.25) is 0 Å². The van der Waals surface area contributed by atoms with Crippen molar-refractivity contribution in [2.75, 3.05) is 20.3 Å². The molecule has 3 heterocycles. The highest BCUT2D eigenvalue weighted by molar-refractivity contribution is 7.89. The number of hydrogen-bond donors (Lipinski definition) is 1. The summed E-state index contributed by atoms with van der Waals surface area (Å²) < 4.78 is 48.8. The highest BCUT2D eigenvalue weighted by Crippen LogP contribution is 2.30. The lowest BCUT2D eigenvalue weighted by Crippen LogP contribution is -2.38. The fourth-order valence-corrected chi connectivity index (χ4v) is 6.71. The standard InChI is InChI=1S/C23H24N4O5S2/c1-14-5-8-19-21(26-33-25-19)22(14)34(29,30)27(13-18-4-3-9-32-18)12-16-10-15-6-7-17(31-2)11-20(15)24-23(16)28/h5-8,10-11,18H,3-4,9,12-13H2,1-2H3,(H,24,28). The molecular formula is C23H24N4O5S2. The molecule has 0 aliphatic carbocycles. The van der Waals surface area contributed by atoms with Crippen LogP contribution in [0.25, 0.3) is 21.9 Å². The number of ether oxygens (including phenoxy) is 2. The van der Waals surface area contributed by atoms with E-state index in [0.717, 1.165) is 30.0 Å². The van der Waals surface area contributed by atoms with E-state index >= 15 is 0 Å². The van der Waals surface area contributed by atoms with Crippen molar-refractivity contribution >= 4 is 43.7 Å². The molecule has 34 heavy (non-hydrogen) atoms. The van der Waals surface area contributed by atoms with E-state index in [4.69, 9.17) is 9.47 Å². The molecule has 9 nitrogen and oxygen atoms in total. The zero-order chi connectivity index (χ0) is 23.9. The molecular weight excluding hydrogens is 476 g/mol. The normalized spacial score (nSPS) is 16.6. The highest BCUT2D eigenvalue weighted by atomic mass is 32.2. The van der Waals surface area contributed by atoms with E-state index in [-0.39, 0.29) is 29.6 Å². The van der Waals surface area contributed by atoms with Gasteiger partial charge in [0.25, 0.3) is 5.56 Å². The van der Waals surface area contributed by atoms with Crippen LogP contribution in [0.3, 0.4) is 0 Å².